The van der Waals surface area contributed by atoms with Gasteiger partial charge >= 0.3 is 16.4 Å². The minimum absolute atomic E-state index is 0.0750. The number of aliphatic hydroxyl groups excluding tert-OH is 3. The third kappa shape index (κ3) is 8.75. The topological polar surface area (TPSA) is 237 Å². The van der Waals surface area contributed by atoms with E-state index in [1.165, 1.54) is 21.1 Å². The van der Waals surface area contributed by atoms with E-state index in [2.05, 4.69) is 9.50 Å². The number of carbonyl (C=O) groups is 2. The zero-order valence-electron chi connectivity index (χ0n) is 20.5. The zero-order chi connectivity index (χ0) is 27.9. The summed E-state index contributed by atoms with van der Waals surface area (Å²) in [4.78, 5) is 23.5. The molecular weight excluding hydrogens is 526 g/mol. The second-order valence-electron chi connectivity index (χ2n) is 8.83. The molecule has 0 saturated carbocycles. The summed E-state index contributed by atoms with van der Waals surface area (Å²) in [5, 5.41) is 43.8. The molecule has 16 nitrogen and oxygen atoms in total. The van der Waals surface area contributed by atoms with Crippen molar-refractivity contribution in [2.24, 2.45) is 11.8 Å². The summed E-state index contributed by atoms with van der Waals surface area (Å²) in [6.45, 7) is -0.476. The standard InChI is InChI=1S/C20H35NO15S/c1-9(22)21-15-10(16(23)14(8-34-37(28,29)30)35-12(15)6-32-3)5-33-7-13-18(25)17(24)11(4-31-2)19(36-13)20(26)27/h10-19,23-25H,4-8H2,1-3H3,(H,21,22)(H,26,27)(H,28,29,30)/t10-,11-,12-,13-,14?,15?,16+,17+,18?,19?/m0/s1. The third-order valence-corrected chi connectivity index (χ3v) is 6.62. The molecule has 0 spiro atoms. The molecule has 1 amide bonds. The Hall–Kier alpha value is -1.51. The van der Waals surface area contributed by atoms with E-state index in [1.54, 1.807) is 0 Å². The Morgan fingerprint density at radius 2 is 1.46 bits per heavy atom. The van der Waals surface area contributed by atoms with Crippen LogP contribution in [0.3, 0.4) is 0 Å². The Bertz CT molecular complexity index is 857. The van der Waals surface area contributed by atoms with Gasteiger partial charge in [-0.2, -0.15) is 8.42 Å². The Balaban J connectivity index is 2.16. The van der Waals surface area contributed by atoms with Crippen LogP contribution in [0.2, 0.25) is 0 Å². The highest BCUT2D eigenvalue weighted by Crippen LogP contribution is 2.30. The second kappa shape index (κ2) is 14.0. The van der Waals surface area contributed by atoms with Gasteiger partial charge < -0.3 is 49.4 Å². The molecule has 2 aliphatic heterocycles. The van der Waals surface area contributed by atoms with E-state index in [1.807, 2.05) is 0 Å². The van der Waals surface area contributed by atoms with Crippen LogP contribution >= 0.6 is 0 Å². The number of carbonyl (C=O) groups excluding carboxylic acids is 1. The number of methoxy groups -OCH3 is 2. The van der Waals surface area contributed by atoms with Crippen molar-refractivity contribution in [2.45, 2.75) is 55.7 Å². The summed E-state index contributed by atoms with van der Waals surface area (Å²) in [5.74, 6) is -3.81. The van der Waals surface area contributed by atoms with Crippen LogP contribution < -0.4 is 5.32 Å². The maximum Gasteiger partial charge on any atom is 0.397 e. The number of amides is 1. The number of carboxylic acid groups (broad SMARTS) is 1. The van der Waals surface area contributed by atoms with Crippen LogP contribution in [0.15, 0.2) is 0 Å². The quantitative estimate of drug-likeness (QED) is 0.120. The second-order valence-corrected chi connectivity index (χ2v) is 9.92. The SMILES string of the molecule is COC[C@@H]1OC(COS(=O)(=O)O)[C@H](O)[C@@H](COC[C@@H]2OC(C(=O)O)[C@@H](COC)[C@@H](O)C2O)C1NC(C)=O. The molecule has 10 atom stereocenters. The molecule has 2 rings (SSSR count). The van der Waals surface area contributed by atoms with E-state index >= 15 is 0 Å². The highest BCUT2D eigenvalue weighted by atomic mass is 32.3. The lowest BCUT2D eigenvalue weighted by molar-refractivity contribution is -0.231. The van der Waals surface area contributed by atoms with Gasteiger partial charge in [0.1, 0.15) is 24.4 Å². The molecule has 0 bridgehead atoms. The number of aliphatic hydroxyl groups is 3. The molecule has 0 aromatic heterocycles. The molecule has 17 heteroatoms. The van der Waals surface area contributed by atoms with Crippen molar-refractivity contribution in [2.75, 3.05) is 47.3 Å². The Labute approximate surface area is 213 Å². The van der Waals surface area contributed by atoms with E-state index in [0.717, 1.165) is 0 Å². The Kier molecular flexibility index (Phi) is 12.0. The van der Waals surface area contributed by atoms with Crippen LogP contribution in [0.25, 0.3) is 0 Å². The first-order valence-electron chi connectivity index (χ1n) is 11.3. The molecule has 0 radical (unpaired) electrons. The first-order chi connectivity index (χ1) is 17.3. The van der Waals surface area contributed by atoms with Crippen molar-refractivity contribution in [3.8, 4) is 0 Å². The van der Waals surface area contributed by atoms with Crippen LogP contribution in [-0.4, -0.2) is 141 Å². The van der Waals surface area contributed by atoms with Gasteiger partial charge in [-0.1, -0.05) is 0 Å². The van der Waals surface area contributed by atoms with E-state index in [9.17, 15) is 38.4 Å². The van der Waals surface area contributed by atoms with Crippen LogP contribution in [-0.2, 0) is 47.9 Å². The molecule has 0 aromatic rings. The molecule has 2 aliphatic rings. The highest BCUT2D eigenvalue weighted by molar-refractivity contribution is 7.80. The first kappa shape index (κ1) is 31.7. The number of hydrogen-bond acceptors (Lipinski definition) is 13. The summed E-state index contributed by atoms with van der Waals surface area (Å²) in [5.41, 5.74) is 0. The first-order valence-corrected chi connectivity index (χ1v) is 12.7. The molecule has 2 heterocycles. The van der Waals surface area contributed by atoms with Gasteiger partial charge in [0.25, 0.3) is 0 Å². The lowest BCUT2D eigenvalue weighted by atomic mass is 9.84. The summed E-state index contributed by atoms with van der Waals surface area (Å²) < 4.78 is 62.0. The van der Waals surface area contributed by atoms with Gasteiger partial charge in [-0.3, -0.25) is 9.35 Å². The van der Waals surface area contributed by atoms with Gasteiger partial charge in [-0.25, -0.2) is 8.98 Å². The number of aliphatic carboxylic acids is 1. The smallest absolute Gasteiger partial charge is 0.397 e. The van der Waals surface area contributed by atoms with E-state index < -0.39 is 96.1 Å². The maximum absolute atomic E-state index is 11.8. The lowest BCUT2D eigenvalue weighted by Gasteiger charge is -2.45. The van der Waals surface area contributed by atoms with Gasteiger partial charge in [-0.05, 0) is 0 Å². The normalized spacial score (nSPS) is 36.7. The average molecular weight is 562 g/mol. The Morgan fingerprint density at radius 1 is 0.838 bits per heavy atom. The molecule has 4 unspecified atom stereocenters. The van der Waals surface area contributed by atoms with Crippen LogP contribution in [0, 0.1) is 11.8 Å². The maximum atomic E-state index is 11.8. The molecule has 216 valence electrons. The Morgan fingerprint density at radius 3 is 2.00 bits per heavy atom. The minimum atomic E-state index is -4.84. The minimum Gasteiger partial charge on any atom is -0.479 e. The average Bonchev–Trinajstić information content (AvgIpc) is 2.80. The number of ether oxygens (including phenoxy) is 5. The fraction of sp³-hybridized carbons (Fsp3) is 0.900. The molecule has 0 aliphatic carbocycles. The monoisotopic (exact) mass is 561 g/mol. The van der Waals surface area contributed by atoms with Crippen molar-refractivity contribution in [1.82, 2.24) is 5.32 Å². The molecule has 6 N–H and O–H groups in total. The molecule has 2 fully saturated rings. The predicted octanol–water partition coefficient (Wildman–Crippen LogP) is -3.45. The predicted molar refractivity (Wildman–Crippen MR) is 120 cm³/mol. The van der Waals surface area contributed by atoms with Gasteiger partial charge in [0.15, 0.2) is 6.10 Å². The fourth-order valence-corrected chi connectivity index (χ4v) is 4.79. The summed E-state index contributed by atoms with van der Waals surface area (Å²) in [6.07, 6.45) is -9.37. The van der Waals surface area contributed by atoms with Gasteiger partial charge in [0.2, 0.25) is 5.91 Å². The van der Waals surface area contributed by atoms with E-state index in [0.29, 0.717) is 0 Å². The third-order valence-electron chi connectivity index (χ3n) is 6.19. The van der Waals surface area contributed by atoms with Crippen molar-refractivity contribution in [1.29, 1.82) is 0 Å². The largest absolute Gasteiger partial charge is 0.479 e. The highest BCUT2D eigenvalue weighted by Gasteiger charge is 2.49. The number of hydrogen-bond donors (Lipinski definition) is 6. The van der Waals surface area contributed by atoms with Crippen LogP contribution in [0.1, 0.15) is 6.92 Å². The summed E-state index contributed by atoms with van der Waals surface area (Å²) in [6, 6.07) is -0.880. The van der Waals surface area contributed by atoms with Crippen molar-refractivity contribution < 1.29 is 70.9 Å². The zero-order valence-corrected chi connectivity index (χ0v) is 21.4. The molecule has 37 heavy (non-hydrogen) atoms. The number of nitrogens with one attached hydrogen (secondary N) is 1. The fourth-order valence-electron chi connectivity index (χ4n) is 4.49. The van der Waals surface area contributed by atoms with Crippen molar-refractivity contribution in [3.63, 3.8) is 0 Å². The van der Waals surface area contributed by atoms with E-state index in [-0.39, 0.29) is 19.8 Å². The van der Waals surface area contributed by atoms with Crippen molar-refractivity contribution in [3.05, 3.63) is 0 Å². The van der Waals surface area contributed by atoms with Crippen LogP contribution in [0.4, 0.5) is 0 Å². The molecule has 2 saturated heterocycles. The number of rotatable bonds is 13. The van der Waals surface area contributed by atoms with Gasteiger partial charge in [0.05, 0.1) is 51.3 Å². The van der Waals surface area contributed by atoms with Crippen molar-refractivity contribution >= 4 is 22.3 Å². The summed E-state index contributed by atoms with van der Waals surface area (Å²) >= 11 is 0. The molecular formula is C20H35NO15S. The lowest BCUT2D eigenvalue weighted by Crippen LogP contribution is -2.63. The summed E-state index contributed by atoms with van der Waals surface area (Å²) in [7, 11) is -2.17. The van der Waals surface area contributed by atoms with Crippen LogP contribution in [0.5, 0.6) is 0 Å². The van der Waals surface area contributed by atoms with Gasteiger partial charge in [0, 0.05) is 33.0 Å². The van der Waals surface area contributed by atoms with E-state index in [4.69, 9.17) is 28.2 Å². The molecule has 0 aromatic carbocycles. The van der Waals surface area contributed by atoms with Gasteiger partial charge in [-0.15, -0.1) is 0 Å². The number of carboxylic acids is 1.